The average Bonchev–Trinajstić information content (AvgIpc) is 2.99. The molecule has 0 aliphatic heterocycles. The van der Waals surface area contributed by atoms with Crippen molar-refractivity contribution in [3.63, 3.8) is 0 Å². The van der Waals surface area contributed by atoms with Crippen molar-refractivity contribution in [3.8, 4) is 11.5 Å². The van der Waals surface area contributed by atoms with Gasteiger partial charge in [0.25, 0.3) is 20.0 Å². The molecule has 45 heavy (non-hydrogen) atoms. The second kappa shape index (κ2) is 13.2. The molecule has 0 radical (unpaired) electrons. The number of aromatic nitrogens is 1. The van der Waals surface area contributed by atoms with Crippen LogP contribution in [0.5, 0.6) is 11.5 Å². The number of anilines is 2. The lowest BCUT2D eigenvalue weighted by Crippen LogP contribution is -2.37. The van der Waals surface area contributed by atoms with Gasteiger partial charge < -0.3 is 14.2 Å². The van der Waals surface area contributed by atoms with Crippen LogP contribution in [-0.2, 0) is 36.0 Å². The molecule has 240 valence electrons. The first-order valence-electron chi connectivity index (χ1n) is 13.2. The smallest absolute Gasteiger partial charge is 0.393 e. The molecule has 1 N–H and O–H groups in total. The molecule has 0 atom stereocenters. The quantitative estimate of drug-likeness (QED) is 0.209. The van der Waals surface area contributed by atoms with E-state index in [1.807, 2.05) is 0 Å². The number of halogens is 3. The minimum Gasteiger partial charge on any atom is -0.497 e. The van der Waals surface area contributed by atoms with Crippen molar-refractivity contribution in [1.82, 2.24) is 4.98 Å². The highest BCUT2D eigenvalue weighted by atomic mass is 32.2. The number of sulfonamides is 2. The Balaban J connectivity index is 1.81. The topological polar surface area (TPSA) is 141 Å². The molecule has 0 unspecified atom stereocenters. The molecule has 0 amide bonds. The lowest BCUT2D eigenvalue weighted by atomic mass is 10.1. The number of fused-ring (bicyclic) bond motifs is 1. The van der Waals surface area contributed by atoms with Crippen LogP contribution < -0.4 is 18.5 Å². The Kier molecular flexibility index (Phi) is 9.77. The normalized spacial score (nSPS) is 12.0. The number of rotatable bonds is 12. The average molecular weight is 668 g/mol. The second-order valence-corrected chi connectivity index (χ2v) is 12.9. The Hall–Kier alpha value is -4.57. The maximum absolute atomic E-state index is 13.8. The number of nitrogens with one attached hydrogen (secondary N) is 1. The number of esters is 1. The number of carbonyl (C=O) groups is 1. The first-order valence-corrected chi connectivity index (χ1v) is 16.1. The molecule has 0 aliphatic rings. The maximum atomic E-state index is 13.8. The summed E-state index contributed by atoms with van der Waals surface area (Å²) < 4.78 is 112. The first-order chi connectivity index (χ1) is 21.2. The van der Waals surface area contributed by atoms with Gasteiger partial charge in [-0.3, -0.25) is 9.52 Å². The predicted octanol–water partition coefficient (Wildman–Crippen LogP) is 4.92. The van der Waals surface area contributed by atoms with Gasteiger partial charge in [0.2, 0.25) is 0 Å². The molecule has 0 fully saturated rings. The summed E-state index contributed by atoms with van der Waals surface area (Å²) in [6.45, 7) is 0.761. The Labute approximate surface area is 257 Å². The number of pyridine rings is 1. The van der Waals surface area contributed by atoms with Crippen molar-refractivity contribution in [3.05, 3.63) is 78.5 Å². The highest BCUT2D eigenvalue weighted by molar-refractivity contribution is 7.93. The van der Waals surface area contributed by atoms with Crippen LogP contribution >= 0.6 is 0 Å². The van der Waals surface area contributed by atoms with Gasteiger partial charge in [0.15, 0.2) is 5.82 Å². The molecule has 11 nitrogen and oxygen atoms in total. The minimum atomic E-state index is -4.49. The van der Waals surface area contributed by atoms with Crippen molar-refractivity contribution in [2.24, 2.45) is 0 Å². The third kappa shape index (κ3) is 7.57. The van der Waals surface area contributed by atoms with Gasteiger partial charge >= 0.3 is 12.1 Å². The Bertz CT molecular complexity index is 1920. The number of alkyl halides is 3. The molecular formula is C29H28F3N3O8S2. The molecule has 3 aromatic carbocycles. The summed E-state index contributed by atoms with van der Waals surface area (Å²) in [5, 5.41) is 0.107. The van der Waals surface area contributed by atoms with Crippen LogP contribution in [0, 0.1) is 0 Å². The van der Waals surface area contributed by atoms with Gasteiger partial charge in [-0.2, -0.15) is 13.2 Å². The van der Waals surface area contributed by atoms with Crippen molar-refractivity contribution in [2.75, 3.05) is 36.4 Å². The Morgan fingerprint density at radius 3 is 2.20 bits per heavy atom. The molecule has 0 saturated heterocycles. The largest absolute Gasteiger partial charge is 0.497 e. The molecule has 4 rings (SSSR count). The Morgan fingerprint density at radius 2 is 1.60 bits per heavy atom. The van der Waals surface area contributed by atoms with E-state index in [2.05, 4.69) is 9.71 Å². The molecule has 0 spiro atoms. The standard InChI is InChI=1S/C29H28F3N3O8S2/c1-4-43-27(36)18-35(45(39,40)21-12-10-20(41-2)11-13-21)28-23-8-6-5-7-22(23)26(17-33-28)44(37,38)34-24-14-9-19(15-25(24)42-3)16-29(30,31)32/h5-15,17,34H,4,16,18H2,1-3H3. The third-order valence-electron chi connectivity index (χ3n) is 6.40. The number of methoxy groups -OCH3 is 2. The number of nitrogens with zero attached hydrogens (tertiary/aromatic N) is 2. The highest BCUT2D eigenvalue weighted by Crippen LogP contribution is 2.35. The van der Waals surface area contributed by atoms with Gasteiger partial charge in [-0.1, -0.05) is 30.3 Å². The monoisotopic (exact) mass is 667 g/mol. The highest BCUT2D eigenvalue weighted by Gasteiger charge is 2.32. The van der Waals surface area contributed by atoms with Crippen LogP contribution in [0.1, 0.15) is 12.5 Å². The van der Waals surface area contributed by atoms with E-state index in [-0.39, 0.29) is 50.0 Å². The Morgan fingerprint density at radius 1 is 0.933 bits per heavy atom. The molecule has 0 bridgehead atoms. The summed E-state index contributed by atoms with van der Waals surface area (Å²) in [6.07, 6.45) is -4.80. The molecule has 4 aromatic rings. The van der Waals surface area contributed by atoms with Crippen LogP contribution in [0.25, 0.3) is 10.8 Å². The second-order valence-electron chi connectivity index (χ2n) is 9.42. The maximum Gasteiger partial charge on any atom is 0.393 e. The number of hydrogen-bond acceptors (Lipinski definition) is 9. The molecule has 1 aromatic heterocycles. The summed E-state index contributed by atoms with van der Waals surface area (Å²) in [5.74, 6) is -0.883. The van der Waals surface area contributed by atoms with E-state index in [0.29, 0.717) is 5.75 Å². The molecule has 0 aliphatic carbocycles. The summed E-state index contributed by atoms with van der Waals surface area (Å²) >= 11 is 0. The van der Waals surface area contributed by atoms with Crippen molar-refractivity contribution in [2.45, 2.75) is 29.3 Å². The number of ether oxygens (including phenoxy) is 3. The summed E-state index contributed by atoms with van der Waals surface area (Å²) in [5.41, 5.74) is -0.277. The van der Waals surface area contributed by atoms with E-state index >= 15 is 0 Å². The molecule has 1 heterocycles. The fourth-order valence-electron chi connectivity index (χ4n) is 4.40. The van der Waals surface area contributed by atoms with Gasteiger partial charge in [-0.05, 0) is 48.9 Å². The van der Waals surface area contributed by atoms with E-state index in [4.69, 9.17) is 14.2 Å². The van der Waals surface area contributed by atoms with E-state index in [0.717, 1.165) is 28.7 Å². The predicted molar refractivity (Wildman–Crippen MR) is 159 cm³/mol. The van der Waals surface area contributed by atoms with Gasteiger partial charge in [0.05, 0.1) is 44.0 Å². The zero-order chi connectivity index (χ0) is 33.0. The number of carbonyl (C=O) groups excluding carboxylic acids is 1. The van der Waals surface area contributed by atoms with Crippen LogP contribution in [0.15, 0.2) is 82.7 Å². The van der Waals surface area contributed by atoms with Gasteiger partial charge in [-0.25, -0.2) is 26.1 Å². The van der Waals surface area contributed by atoms with Crippen LogP contribution in [0.4, 0.5) is 24.7 Å². The van der Waals surface area contributed by atoms with Crippen LogP contribution in [0.2, 0.25) is 0 Å². The van der Waals surface area contributed by atoms with Gasteiger partial charge in [0, 0.05) is 10.8 Å². The van der Waals surface area contributed by atoms with Gasteiger partial charge in [0.1, 0.15) is 22.9 Å². The van der Waals surface area contributed by atoms with Gasteiger partial charge in [-0.15, -0.1) is 0 Å². The van der Waals surface area contributed by atoms with E-state index in [1.165, 1.54) is 62.8 Å². The van der Waals surface area contributed by atoms with E-state index in [1.54, 1.807) is 6.92 Å². The minimum absolute atomic E-state index is 0.0209. The zero-order valence-electron chi connectivity index (χ0n) is 24.2. The third-order valence-corrected chi connectivity index (χ3v) is 9.55. The lowest BCUT2D eigenvalue weighted by Gasteiger charge is -2.24. The van der Waals surface area contributed by atoms with Crippen molar-refractivity contribution in [1.29, 1.82) is 0 Å². The van der Waals surface area contributed by atoms with Crippen molar-refractivity contribution >= 4 is 48.3 Å². The number of hydrogen-bond donors (Lipinski definition) is 1. The number of benzene rings is 3. The van der Waals surface area contributed by atoms with Crippen molar-refractivity contribution < 1.29 is 49.0 Å². The van der Waals surface area contributed by atoms with Crippen LogP contribution in [-0.4, -0.2) is 61.3 Å². The fourth-order valence-corrected chi connectivity index (χ4v) is 7.01. The van der Waals surface area contributed by atoms with E-state index in [9.17, 15) is 34.8 Å². The first kappa shape index (κ1) is 33.3. The molecular weight excluding hydrogens is 639 g/mol. The van der Waals surface area contributed by atoms with Crippen LogP contribution in [0.3, 0.4) is 0 Å². The molecule has 0 saturated carbocycles. The SMILES string of the molecule is CCOC(=O)CN(c1ncc(S(=O)(=O)Nc2ccc(CC(F)(F)F)cc2OC)c2ccccc12)S(=O)(=O)c1ccc(OC)cc1. The zero-order valence-corrected chi connectivity index (χ0v) is 25.8. The molecule has 16 heteroatoms. The summed E-state index contributed by atoms with van der Waals surface area (Å²) in [4.78, 5) is 16.2. The van der Waals surface area contributed by atoms with E-state index < -0.39 is 45.2 Å². The summed E-state index contributed by atoms with van der Waals surface area (Å²) in [7, 11) is -6.34. The summed E-state index contributed by atoms with van der Waals surface area (Å²) in [6, 6.07) is 14.6. The fraction of sp³-hybridized carbons (Fsp3) is 0.241. The lowest BCUT2D eigenvalue weighted by molar-refractivity contribution is -0.141.